The zero-order valence-electron chi connectivity index (χ0n) is 20.3. The molecule has 0 aliphatic heterocycles. The largest absolute Gasteiger partial charge is 0.453 e. The Morgan fingerprint density at radius 3 is 2.63 bits per heavy atom. The van der Waals surface area contributed by atoms with Crippen LogP contribution < -0.4 is 10.1 Å². The molecule has 0 unspecified atom stereocenters. The zero-order valence-corrected chi connectivity index (χ0v) is 21.1. The average Bonchev–Trinajstić information content (AvgIpc) is 3.26. The average molecular weight is 492 g/mol. The topological polar surface area (TPSA) is 64.1 Å². The molecule has 0 fully saturated rings. The first-order chi connectivity index (χ1) is 16.9. The monoisotopic (exact) mass is 491 g/mol. The number of pyridine rings is 2. The van der Waals surface area contributed by atoms with Crippen LogP contribution in [-0.2, 0) is 17.8 Å². The molecule has 3 aromatic heterocycles. The first-order valence-electron chi connectivity index (χ1n) is 12.0. The zero-order chi connectivity index (χ0) is 24.8. The van der Waals surface area contributed by atoms with Crippen molar-refractivity contribution in [3.05, 3.63) is 71.8 Å². The van der Waals surface area contributed by atoms with Gasteiger partial charge in [0.05, 0.1) is 20.8 Å². The van der Waals surface area contributed by atoms with E-state index in [1.54, 1.807) is 24.4 Å². The molecular formula is C28H30FN3O2S. The van der Waals surface area contributed by atoms with Crippen LogP contribution in [0.5, 0.6) is 11.5 Å². The van der Waals surface area contributed by atoms with E-state index < -0.39 is 5.82 Å². The maximum Gasteiger partial charge on any atom is 0.166 e. The van der Waals surface area contributed by atoms with Gasteiger partial charge in [-0.25, -0.2) is 4.39 Å². The van der Waals surface area contributed by atoms with E-state index in [1.807, 2.05) is 32.2 Å². The molecule has 1 N–H and O–H groups in total. The van der Waals surface area contributed by atoms with E-state index in [0.29, 0.717) is 17.7 Å². The van der Waals surface area contributed by atoms with Gasteiger partial charge in [-0.05, 0) is 54.3 Å². The highest BCUT2D eigenvalue weighted by atomic mass is 32.1. The van der Waals surface area contributed by atoms with Crippen molar-refractivity contribution in [2.45, 2.75) is 46.6 Å². The minimum Gasteiger partial charge on any atom is -0.453 e. The molecule has 4 rings (SSSR count). The smallest absolute Gasteiger partial charge is 0.166 e. The van der Waals surface area contributed by atoms with Crippen LogP contribution in [0.3, 0.4) is 0 Å². The Labute approximate surface area is 209 Å². The number of carbonyl (C=O) groups excluding carboxylic acids is 1. The van der Waals surface area contributed by atoms with E-state index in [9.17, 15) is 9.18 Å². The van der Waals surface area contributed by atoms with E-state index in [4.69, 9.17) is 4.74 Å². The molecule has 1 aromatic carbocycles. The van der Waals surface area contributed by atoms with Crippen LogP contribution in [0, 0.1) is 11.7 Å². The lowest BCUT2D eigenvalue weighted by atomic mass is 10.0. The molecule has 0 atom stereocenters. The predicted octanol–water partition coefficient (Wildman–Crippen LogP) is 6.95. The Hall–Kier alpha value is -3.16. The van der Waals surface area contributed by atoms with E-state index in [1.165, 1.54) is 17.4 Å². The molecule has 0 aliphatic rings. The third-order valence-corrected chi connectivity index (χ3v) is 6.62. The molecule has 0 aliphatic carbocycles. The second-order valence-electron chi connectivity index (χ2n) is 9.04. The quantitative estimate of drug-likeness (QED) is 0.230. The SMILES string of the molecule is CCCNCc1ccc(-c2cc3nccc(Oc4ccc(CC(=O)CC(C)C)cc4F)c3s2)nc1. The molecule has 0 bridgehead atoms. The summed E-state index contributed by atoms with van der Waals surface area (Å²) in [6.45, 7) is 7.91. The van der Waals surface area contributed by atoms with Gasteiger partial charge in [0.25, 0.3) is 0 Å². The minimum absolute atomic E-state index is 0.105. The molecule has 7 heteroatoms. The maximum atomic E-state index is 14.8. The molecule has 35 heavy (non-hydrogen) atoms. The van der Waals surface area contributed by atoms with Gasteiger partial charge in [0.1, 0.15) is 11.5 Å². The number of thiophene rings is 1. The second-order valence-corrected chi connectivity index (χ2v) is 10.1. The summed E-state index contributed by atoms with van der Waals surface area (Å²) in [6, 6.07) is 12.5. The first kappa shape index (κ1) is 24.9. The molecule has 3 heterocycles. The van der Waals surface area contributed by atoms with E-state index >= 15 is 0 Å². The Morgan fingerprint density at radius 1 is 1.09 bits per heavy atom. The van der Waals surface area contributed by atoms with Gasteiger partial charge in [-0.3, -0.25) is 14.8 Å². The first-order valence-corrected chi connectivity index (χ1v) is 12.8. The van der Waals surface area contributed by atoms with E-state index in [-0.39, 0.29) is 23.9 Å². The van der Waals surface area contributed by atoms with Crippen LogP contribution >= 0.6 is 11.3 Å². The Bertz CT molecular complexity index is 1300. The van der Waals surface area contributed by atoms with Crippen molar-refractivity contribution in [1.82, 2.24) is 15.3 Å². The third kappa shape index (κ3) is 6.50. The van der Waals surface area contributed by atoms with Crippen LogP contribution in [-0.4, -0.2) is 22.3 Å². The molecule has 4 aromatic rings. The summed E-state index contributed by atoms with van der Waals surface area (Å²) in [7, 11) is 0. The van der Waals surface area contributed by atoms with Gasteiger partial charge in [-0.1, -0.05) is 32.9 Å². The fraction of sp³-hybridized carbons (Fsp3) is 0.321. The standard InChI is InChI=1S/C28H30FN3O2S/c1-4-10-30-16-20-5-7-23(32-17-20)27-15-24-28(35-27)26(9-11-31-24)34-25-8-6-19(14-22(25)29)13-21(33)12-18(2)3/h5-9,11,14-15,17-18,30H,4,10,12-13,16H2,1-3H3. The predicted molar refractivity (Wildman–Crippen MR) is 139 cm³/mol. The highest BCUT2D eigenvalue weighted by molar-refractivity contribution is 7.22. The van der Waals surface area contributed by atoms with Crippen LogP contribution in [0.2, 0.25) is 0 Å². The number of halogens is 1. The molecule has 182 valence electrons. The summed E-state index contributed by atoms with van der Waals surface area (Å²) in [4.78, 5) is 22.1. The molecular weight excluding hydrogens is 461 g/mol. The number of fused-ring (bicyclic) bond motifs is 1. The molecule has 0 saturated carbocycles. The highest BCUT2D eigenvalue weighted by Crippen LogP contribution is 2.39. The summed E-state index contributed by atoms with van der Waals surface area (Å²) >= 11 is 1.51. The fourth-order valence-electron chi connectivity index (χ4n) is 3.82. The van der Waals surface area contributed by atoms with Gasteiger partial charge in [0, 0.05) is 37.8 Å². The van der Waals surface area contributed by atoms with Crippen molar-refractivity contribution in [3.8, 4) is 22.1 Å². The molecule has 5 nitrogen and oxygen atoms in total. The van der Waals surface area contributed by atoms with Crippen LogP contribution in [0.4, 0.5) is 4.39 Å². The summed E-state index contributed by atoms with van der Waals surface area (Å²) in [5, 5.41) is 3.38. The van der Waals surface area contributed by atoms with Crippen molar-refractivity contribution in [2.24, 2.45) is 5.92 Å². The van der Waals surface area contributed by atoms with E-state index in [2.05, 4.69) is 28.3 Å². The van der Waals surface area contributed by atoms with Crippen molar-refractivity contribution in [3.63, 3.8) is 0 Å². The Morgan fingerprint density at radius 2 is 1.91 bits per heavy atom. The third-order valence-electron chi connectivity index (χ3n) is 5.46. The summed E-state index contributed by atoms with van der Waals surface area (Å²) in [5.74, 6) is 0.559. The van der Waals surface area contributed by atoms with Gasteiger partial charge in [-0.15, -0.1) is 11.3 Å². The van der Waals surface area contributed by atoms with Gasteiger partial charge >= 0.3 is 0 Å². The van der Waals surface area contributed by atoms with Gasteiger partial charge in [-0.2, -0.15) is 0 Å². The summed E-state index contributed by atoms with van der Waals surface area (Å²) in [5.41, 5.74) is 3.42. The van der Waals surface area contributed by atoms with Gasteiger partial charge in [0.15, 0.2) is 11.6 Å². The number of nitrogens with one attached hydrogen (secondary N) is 1. The molecule has 0 amide bonds. The number of nitrogens with zero attached hydrogens (tertiary/aromatic N) is 2. The molecule has 0 saturated heterocycles. The highest BCUT2D eigenvalue weighted by Gasteiger charge is 2.15. The number of Topliss-reactive ketones (excluding diaryl/α,β-unsaturated/α-hetero) is 1. The number of ketones is 1. The number of aromatic nitrogens is 2. The Balaban J connectivity index is 1.51. The number of ether oxygens (including phenoxy) is 1. The second kappa shape index (κ2) is 11.5. The van der Waals surface area contributed by atoms with Crippen molar-refractivity contribution >= 4 is 27.3 Å². The van der Waals surface area contributed by atoms with Crippen LogP contribution in [0.1, 0.15) is 44.7 Å². The van der Waals surface area contributed by atoms with Crippen molar-refractivity contribution in [2.75, 3.05) is 6.54 Å². The number of hydrogen-bond acceptors (Lipinski definition) is 6. The van der Waals surface area contributed by atoms with Crippen molar-refractivity contribution < 1.29 is 13.9 Å². The van der Waals surface area contributed by atoms with Gasteiger partial charge < -0.3 is 10.1 Å². The lowest BCUT2D eigenvalue weighted by Gasteiger charge is -2.09. The van der Waals surface area contributed by atoms with Gasteiger partial charge in [0.2, 0.25) is 0 Å². The summed E-state index contributed by atoms with van der Waals surface area (Å²) < 4.78 is 21.6. The number of carbonyl (C=O) groups is 1. The Kier molecular flexibility index (Phi) is 8.21. The maximum absolute atomic E-state index is 14.8. The normalized spacial score (nSPS) is 11.3. The number of rotatable bonds is 11. The van der Waals surface area contributed by atoms with Crippen LogP contribution in [0.25, 0.3) is 20.8 Å². The molecule has 0 radical (unpaired) electrons. The molecule has 0 spiro atoms. The van der Waals surface area contributed by atoms with E-state index in [0.717, 1.165) is 45.9 Å². The minimum atomic E-state index is -0.490. The lowest BCUT2D eigenvalue weighted by Crippen LogP contribution is -2.13. The fourth-order valence-corrected chi connectivity index (χ4v) is 4.86. The van der Waals surface area contributed by atoms with Crippen LogP contribution in [0.15, 0.2) is 54.9 Å². The number of benzene rings is 1. The summed E-state index contributed by atoms with van der Waals surface area (Å²) in [6.07, 6.45) is 5.35. The lowest BCUT2D eigenvalue weighted by molar-refractivity contribution is -0.119. The number of hydrogen-bond donors (Lipinski definition) is 1. The van der Waals surface area contributed by atoms with Crippen molar-refractivity contribution in [1.29, 1.82) is 0 Å².